The average Bonchev–Trinajstić information content (AvgIpc) is 3.00. The molecule has 6 heteroatoms. The third-order valence-electron chi connectivity index (χ3n) is 5.18. The molecule has 6 nitrogen and oxygen atoms in total. The summed E-state index contributed by atoms with van der Waals surface area (Å²) in [4.78, 5) is 14.7. The van der Waals surface area contributed by atoms with Crippen molar-refractivity contribution in [2.75, 3.05) is 13.1 Å². The lowest BCUT2D eigenvalue weighted by molar-refractivity contribution is -0.132. The number of ether oxygens (including phenoxy) is 1. The first-order valence-electron chi connectivity index (χ1n) is 9.38. The van der Waals surface area contributed by atoms with Gasteiger partial charge in [-0.1, -0.05) is 18.2 Å². The fraction of sp³-hybridized carbons (Fsp3) is 0.381. The van der Waals surface area contributed by atoms with E-state index >= 15 is 0 Å². The van der Waals surface area contributed by atoms with Crippen molar-refractivity contribution in [3.05, 3.63) is 53.9 Å². The van der Waals surface area contributed by atoms with Crippen LogP contribution in [0.4, 0.5) is 0 Å². The molecule has 1 fully saturated rings. The summed E-state index contributed by atoms with van der Waals surface area (Å²) in [6, 6.07) is 12.0. The number of carbonyl (C=O) groups excluding carboxylic acids is 1. The topological polar surface area (TPSA) is 60.2 Å². The zero-order chi connectivity index (χ0) is 18.8. The van der Waals surface area contributed by atoms with Crippen LogP contribution in [-0.4, -0.2) is 44.8 Å². The molecule has 0 spiro atoms. The molecule has 2 aromatic heterocycles. The number of likely N-dealkylation sites (tertiary alicyclic amines) is 1. The third-order valence-corrected chi connectivity index (χ3v) is 5.18. The summed E-state index contributed by atoms with van der Waals surface area (Å²) in [6.07, 6.45) is 4.22. The number of rotatable bonds is 4. The predicted octanol–water partition coefficient (Wildman–Crippen LogP) is 2.89. The van der Waals surface area contributed by atoms with Crippen molar-refractivity contribution >= 4 is 16.8 Å². The van der Waals surface area contributed by atoms with Crippen LogP contribution < -0.4 is 4.74 Å². The molecule has 1 aliphatic heterocycles. The normalized spacial score (nSPS) is 15.3. The Balaban J connectivity index is 1.35. The fourth-order valence-corrected chi connectivity index (χ4v) is 3.68. The van der Waals surface area contributed by atoms with E-state index in [0.717, 1.165) is 35.0 Å². The number of amides is 1. The molecule has 0 aliphatic carbocycles. The number of aryl methyl sites for hydroxylation is 2. The maximum absolute atomic E-state index is 12.8. The molecule has 140 valence electrons. The first-order chi connectivity index (χ1) is 13.1. The zero-order valence-electron chi connectivity index (χ0n) is 15.8. The Morgan fingerprint density at radius 1 is 1.15 bits per heavy atom. The van der Waals surface area contributed by atoms with Crippen molar-refractivity contribution in [2.45, 2.75) is 32.3 Å². The van der Waals surface area contributed by atoms with Crippen molar-refractivity contribution in [2.24, 2.45) is 7.05 Å². The minimum absolute atomic E-state index is 0.0867. The number of carbonyl (C=O) groups is 1. The van der Waals surface area contributed by atoms with Gasteiger partial charge in [-0.05, 0) is 24.6 Å². The van der Waals surface area contributed by atoms with E-state index < -0.39 is 0 Å². The Labute approximate surface area is 158 Å². The number of piperidine rings is 1. The van der Waals surface area contributed by atoms with Gasteiger partial charge in [0.15, 0.2) is 0 Å². The van der Waals surface area contributed by atoms with Crippen LogP contribution in [0.25, 0.3) is 10.9 Å². The van der Waals surface area contributed by atoms with Gasteiger partial charge in [0.05, 0.1) is 12.1 Å². The van der Waals surface area contributed by atoms with Crippen molar-refractivity contribution in [3.63, 3.8) is 0 Å². The van der Waals surface area contributed by atoms with Gasteiger partial charge in [-0.15, -0.1) is 5.10 Å². The Morgan fingerprint density at radius 2 is 1.93 bits per heavy atom. The van der Waals surface area contributed by atoms with Crippen LogP contribution in [0, 0.1) is 6.92 Å². The number of para-hydroxylation sites is 1. The quantitative estimate of drug-likeness (QED) is 0.714. The second-order valence-corrected chi connectivity index (χ2v) is 7.17. The fourth-order valence-electron chi connectivity index (χ4n) is 3.68. The minimum atomic E-state index is 0.0867. The predicted molar refractivity (Wildman–Crippen MR) is 104 cm³/mol. The average molecular weight is 364 g/mol. The summed E-state index contributed by atoms with van der Waals surface area (Å²) < 4.78 is 7.99. The molecule has 1 saturated heterocycles. The number of hydrogen-bond donors (Lipinski definition) is 0. The van der Waals surface area contributed by atoms with Gasteiger partial charge in [0.1, 0.15) is 6.10 Å². The van der Waals surface area contributed by atoms with Crippen LogP contribution in [0.1, 0.15) is 24.1 Å². The summed E-state index contributed by atoms with van der Waals surface area (Å²) in [6.45, 7) is 3.33. The van der Waals surface area contributed by atoms with E-state index in [4.69, 9.17) is 4.74 Å². The Morgan fingerprint density at radius 3 is 2.67 bits per heavy atom. The SMILES string of the molecule is Cc1ccc(OC2CCN(C(=O)Cc3cn(C)c4ccccc34)CC2)nn1. The van der Waals surface area contributed by atoms with Crippen molar-refractivity contribution in [3.8, 4) is 5.88 Å². The molecule has 27 heavy (non-hydrogen) atoms. The maximum atomic E-state index is 12.8. The summed E-state index contributed by atoms with van der Waals surface area (Å²) in [5.41, 5.74) is 3.12. The molecule has 0 atom stereocenters. The Bertz CT molecular complexity index is 940. The lowest BCUT2D eigenvalue weighted by Crippen LogP contribution is -2.42. The lowest BCUT2D eigenvalue weighted by atomic mass is 10.1. The van der Waals surface area contributed by atoms with Crippen molar-refractivity contribution < 1.29 is 9.53 Å². The van der Waals surface area contributed by atoms with Gasteiger partial charge in [-0.25, -0.2) is 0 Å². The van der Waals surface area contributed by atoms with Crippen molar-refractivity contribution in [1.29, 1.82) is 0 Å². The molecule has 1 aromatic carbocycles. The molecule has 3 heterocycles. The number of benzene rings is 1. The highest BCUT2D eigenvalue weighted by molar-refractivity contribution is 5.89. The smallest absolute Gasteiger partial charge is 0.233 e. The molecule has 1 amide bonds. The summed E-state index contributed by atoms with van der Waals surface area (Å²) >= 11 is 0. The van der Waals surface area contributed by atoms with E-state index in [1.54, 1.807) is 0 Å². The highest BCUT2D eigenvalue weighted by Gasteiger charge is 2.25. The molecule has 0 unspecified atom stereocenters. The van der Waals surface area contributed by atoms with Gasteiger partial charge >= 0.3 is 0 Å². The van der Waals surface area contributed by atoms with Gasteiger partial charge in [0, 0.05) is 56.1 Å². The van der Waals surface area contributed by atoms with E-state index in [0.29, 0.717) is 25.4 Å². The summed E-state index contributed by atoms with van der Waals surface area (Å²) in [5, 5.41) is 9.24. The van der Waals surface area contributed by atoms with Gasteiger partial charge in [0.2, 0.25) is 11.8 Å². The zero-order valence-corrected chi connectivity index (χ0v) is 15.8. The first kappa shape index (κ1) is 17.5. The molecular formula is C21H24N4O2. The highest BCUT2D eigenvalue weighted by Crippen LogP contribution is 2.22. The van der Waals surface area contributed by atoms with E-state index in [2.05, 4.69) is 33.1 Å². The molecule has 0 saturated carbocycles. The van der Waals surface area contributed by atoms with Crippen LogP contribution in [0.5, 0.6) is 5.88 Å². The Kier molecular flexibility index (Phi) is 4.79. The van der Waals surface area contributed by atoms with Gasteiger partial charge in [-0.2, -0.15) is 5.10 Å². The second kappa shape index (κ2) is 7.39. The lowest BCUT2D eigenvalue weighted by Gasteiger charge is -2.32. The molecular weight excluding hydrogens is 340 g/mol. The van der Waals surface area contributed by atoms with Crippen molar-refractivity contribution in [1.82, 2.24) is 19.7 Å². The molecule has 0 bridgehead atoms. The largest absolute Gasteiger partial charge is 0.473 e. The van der Waals surface area contributed by atoms with Gasteiger partial charge in [-0.3, -0.25) is 4.79 Å². The number of hydrogen-bond acceptors (Lipinski definition) is 4. The van der Waals surface area contributed by atoms with Crippen LogP contribution in [0.2, 0.25) is 0 Å². The van der Waals surface area contributed by atoms with E-state index in [-0.39, 0.29) is 12.0 Å². The van der Waals surface area contributed by atoms with Gasteiger partial charge in [0.25, 0.3) is 0 Å². The molecule has 4 rings (SSSR count). The first-order valence-corrected chi connectivity index (χ1v) is 9.38. The van der Waals surface area contributed by atoms with Crippen LogP contribution in [-0.2, 0) is 18.3 Å². The number of fused-ring (bicyclic) bond motifs is 1. The maximum Gasteiger partial charge on any atom is 0.233 e. The van der Waals surface area contributed by atoms with Crippen LogP contribution in [0.3, 0.4) is 0 Å². The number of nitrogens with zero attached hydrogens (tertiary/aromatic N) is 4. The van der Waals surface area contributed by atoms with Gasteiger partial charge < -0.3 is 14.2 Å². The highest BCUT2D eigenvalue weighted by atomic mass is 16.5. The third kappa shape index (κ3) is 3.79. The summed E-state index contributed by atoms with van der Waals surface area (Å²) in [5.74, 6) is 0.737. The standard InChI is InChI=1S/C21H24N4O2/c1-15-7-8-20(23-22-15)27-17-9-11-25(12-10-17)21(26)13-16-14-24(2)19-6-4-3-5-18(16)19/h3-8,14,17H,9-13H2,1-2H3. The molecule has 1 aliphatic rings. The van der Waals surface area contributed by atoms with E-state index in [1.165, 1.54) is 0 Å². The summed E-state index contributed by atoms with van der Waals surface area (Å²) in [7, 11) is 2.02. The minimum Gasteiger partial charge on any atom is -0.473 e. The Hall–Kier alpha value is -2.89. The molecule has 0 N–H and O–H groups in total. The van der Waals surface area contributed by atoms with E-state index in [1.807, 2.05) is 43.1 Å². The number of aromatic nitrogens is 3. The van der Waals surface area contributed by atoms with E-state index in [9.17, 15) is 4.79 Å². The second-order valence-electron chi connectivity index (χ2n) is 7.17. The molecule has 3 aromatic rings. The monoisotopic (exact) mass is 364 g/mol. The van der Waals surface area contributed by atoms with Crippen LogP contribution in [0.15, 0.2) is 42.6 Å². The van der Waals surface area contributed by atoms with Crippen LogP contribution >= 0.6 is 0 Å². The molecule has 0 radical (unpaired) electrons.